The zero-order valence-corrected chi connectivity index (χ0v) is 20.9. The number of H-pyrrole nitrogens is 1. The van der Waals surface area contributed by atoms with Gasteiger partial charge in [0, 0.05) is 22.1 Å². The molecule has 0 aliphatic carbocycles. The zero-order chi connectivity index (χ0) is 24.7. The second-order valence-electron chi connectivity index (χ2n) is 9.76. The number of anilines is 2. The fraction of sp³-hybridized carbons (Fsp3) is 0.259. The second-order valence-corrected chi connectivity index (χ2v) is 10.6. The van der Waals surface area contributed by atoms with Crippen LogP contribution in [0.3, 0.4) is 0 Å². The number of amides is 1. The van der Waals surface area contributed by atoms with Gasteiger partial charge in [-0.1, -0.05) is 63.2 Å². The number of thiazole rings is 1. The molecule has 2 N–H and O–H groups in total. The van der Waals surface area contributed by atoms with Gasteiger partial charge < -0.3 is 10.2 Å². The summed E-state index contributed by atoms with van der Waals surface area (Å²) >= 11 is 1.54. The van der Waals surface area contributed by atoms with Crippen molar-refractivity contribution in [2.24, 2.45) is 0 Å². The van der Waals surface area contributed by atoms with Crippen molar-refractivity contribution in [2.75, 3.05) is 10.2 Å². The SMILES string of the molecule is CC(=O)C1c2[nH]nc(NC(=O)c3ccc(C(C)(C)C)cc3)c2CN1c1csc(-c2ccccc2)n1. The number of carbonyl (C=O) groups is 2. The Hall–Kier alpha value is -3.78. The Morgan fingerprint density at radius 1 is 1.09 bits per heavy atom. The number of ketones is 1. The van der Waals surface area contributed by atoms with Crippen LogP contribution < -0.4 is 10.2 Å². The molecule has 1 aliphatic rings. The van der Waals surface area contributed by atoms with Crippen LogP contribution in [0.5, 0.6) is 0 Å². The molecule has 0 spiro atoms. The molecular formula is C27H27N5O2S. The van der Waals surface area contributed by atoms with Gasteiger partial charge in [0.15, 0.2) is 11.6 Å². The van der Waals surface area contributed by atoms with Crippen molar-refractivity contribution in [3.8, 4) is 10.6 Å². The van der Waals surface area contributed by atoms with Gasteiger partial charge in [-0.2, -0.15) is 5.10 Å². The highest BCUT2D eigenvalue weighted by Gasteiger charge is 2.39. The number of carbonyl (C=O) groups excluding carboxylic acids is 2. The lowest BCUT2D eigenvalue weighted by molar-refractivity contribution is -0.118. The van der Waals surface area contributed by atoms with Gasteiger partial charge in [-0.25, -0.2) is 4.98 Å². The first-order valence-electron chi connectivity index (χ1n) is 11.5. The molecule has 1 aliphatic heterocycles. The second kappa shape index (κ2) is 8.78. The molecule has 8 heteroatoms. The lowest BCUT2D eigenvalue weighted by Gasteiger charge is -2.22. The van der Waals surface area contributed by atoms with Crippen LogP contribution in [0.25, 0.3) is 10.6 Å². The van der Waals surface area contributed by atoms with Crippen molar-refractivity contribution in [3.05, 3.63) is 82.4 Å². The third-order valence-corrected chi connectivity index (χ3v) is 7.13. The van der Waals surface area contributed by atoms with Gasteiger partial charge in [0.1, 0.15) is 16.9 Å². The van der Waals surface area contributed by atoms with Gasteiger partial charge >= 0.3 is 0 Å². The van der Waals surface area contributed by atoms with Gasteiger partial charge in [0.05, 0.1) is 12.2 Å². The quantitative estimate of drug-likeness (QED) is 0.377. The first kappa shape index (κ1) is 23.0. The van der Waals surface area contributed by atoms with Crippen LogP contribution in [-0.4, -0.2) is 26.9 Å². The van der Waals surface area contributed by atoms with E-state index in [9.17, 15) is 9.59 Å². The average Bonchev–Trinajstić information content (AvgIpc) is 3.55. The van der Waals surface area contributed by atoms with E-state index in [1.54, 1.807) is 6.92 Å². The maximum atomic E-state index is 12.9. The highest BCUT2D eigenvalue weighted by atomic mass is 32.1. The van der Waals surface area contributed by atoms with E-state index < -0.39 is 6.04 Å². The lowest BCUT2D eigenvalue weighted by atomic mass is 9.87. The third kappa shape index (κ3) is 4.37. The summed E-state index contributed by atoms with van der Waals surface area (Å²) in [5.74, 6) is 0.917. The Morgan fingerprint density at radius 2 is 1.80 bits per heavy atom. The van der Waals surface area contributed by atoms with Crippen LogP contribution >= 0.6 is 11.3 Å². The van der Waals surface area contributed by atoms with Crippen molar-refractivity contribution in [3.63, 3.8) is 0 Å². The molecule has 1 atom stereocenters. The summed E-state index contributed by atoms with van der Waals surface area (Å²) in [6.45, 7) is 8.39. The summed E-state index contributed by atoms with van der Waals surface area (Å²) in [7, 11) is 0. The number of hydrogen-bond acceptors (Lipinski definition) is 6. The molecule has 178 valence electrons. The van der Waals surface area contributed by atoms with Crippen molar-refractivity contribution < 1.29 is 9.59 Å². The number of benzene rings is 2. The molecular weight excluding hydrogens is 458 g/mol. The molecule has 3 heterocycles. The normalized spacial score (nSPS) is 15.2. The summed E-state index contributed by atoms with van der Waals surface area (Å²) in [6.07, 6.45) is 0. The minimum absolute atomic E-state index is 0.0131. The molecule has 0 saturated heterocycles. The summed E-state index contributed by atoms with van der Waals surface area (Å²) < 4.78 is 0. The monoisotopic (exact) mass is 485 g/mol. The van der Waals surface area contributed by atoms with Crippen LogP contribution in [0.2, 0.25) is 0 Å². The van der Waals surface area contributed by atoms with E-state index in [0.717, 1.165) is 27.5 Å². The molecule has 7 nitrogen and oxygen atoms in total. The molecule has 0 fully saturated rings. The van der Waals surface area contributed by atoms with E-state index in [1.807, 2.05) is 64.9 Å². The number of rotatable bonds is 5. The van der Waals surface area contributed by atoms with Gasteiger partial charge in [0.25, 0.3) is 5.91 Å². The Kier molecular flexibility index (Phi) is 5.76. The number of aromatic amines is 1. The van der Waals surface area contributed by atoms with E-state index >= 15 is 0 Å². The van der Waals surface area contributed by atoms with Crippen LogP contribution in [0, 0.1) is 0 Å². The molecule has 0 bridgehead atoms. The smallest absolute Gasteiger partial charge is 0.256 e. The highest BCUT2D eigenvalue weighted by molar-refractivity contribution is 7.13. The van der Waals surface area contributed by atoms with E-state index in [2.05, 4.69) is 36.3 Å². The summed E-state index contributed by atoms with van der Waals surface area (Å²) in [5, 5.41) is 13.1. The molecule has 2 aromatic heterocycles. The van der Waals surface area contributed by atoms with Crippen molar-refractivity contribution >= 4 is 34.7 Å². The fourth-order valence-corrected chi connectivity index (χ4v) is 5.16. The maximum absolute atomic E-state index is 12.9. The highest BCUT2D eigenvalue weighted by Crippen LogP contribution is 2.41. The van der Waals surface area contributed by atoms with Crippen LogP contribution in [-0.2, 0) is 16.8 Å². The molecule has 0 radical (unpaired) electrons. The van der Waals surface area contributed by atoms with E-state index in [1.165, 1.54) is 11.3 Å². The van der Waals surface area contributed by atoms with E-state index in [0.29, 0.717) is 23.6 Å². The maximum Gasteiger partial charge on any atom is 0.256 e. The fourth-order valence-electron chi connectivity index (χ4n) is 4.33. The minimum Gasteiger partial charge on any atom is -0.336 e. The number of aromatic nitrogens is 3. The largest absolute Gasteiger partial charge is 0.336 e. The molecule has 35 heavy (non-hydrogen) atoms. The average molecular weight is 486 g/mol. The molecule has 1 unspecified atom stereocenters. The summed E-state index contributed by atoms with van der Waals surface area (Å²) in [5.41, 5.74) is 4.27. The first-order valence-corrected chi connectivity index (χ1v) is 12.4. The van der Waals surface area contributed by atoms with Gasteiger partial charge in [-0.3, -0.25) is 14.7 Å². The topological polar surface area (TPSA) is 91.0 Å². The van der Waals surface area contributed by atoms with Crippen LogP contribution in [0.4, 0.5) is 11.6 Å². The van der Waals surface area contributed by atoms with Gasteiger partial charge in [-0.05, 0) is 30.0 Å². The standard InChI is InChI=1S/C27H27N5O2S/c1-16(33)23-22-20(14-32(23)21-15-35-26(28-21)18-8-6-5-7-9-18)24(31-30-22)29-25(34)17-10-12-19(13-11-17)27(2,3)4/h5-13,15,23H,14H2,1-4H3,(H2,29,30,31,34). The number of nitrogens with one attached hydrogen (secondary N) is 2. The van der Waals surface area contributed by atoms with Crippen LogP contribution in [0.1, 0.15) is 60.9 Å². The van der Waals surface area contributed by atoms with E-state index in [-0.39, 0.29) is 17.1 Å². The predicted octanol–water partition coefficient (Wildman–Crippen LogP) is 5.73. The van der Waals surface area contributed by atoms with E-state index in [4.69, 9.17) is 4.98 Å². The third-order valence-electron chi connectivity index (χ3n) is 6.25. The van der Waals surface area contributed by atoms with Crippen LogP contribution in [0.15, 0.2) is 60.0 Å². The van der Waals surface area contributed by atoms with Crippen molar-refractivity contribution in [1.29, 1.82) is 0 Å². The van der Waals surface area contributed by atoms with Crippen molar-refractivity contribution in [1.82, 2.24) is 15.2 Å². The molecule has 5 rings (SSSR count). The summed E-state index contributed by atoms with van der Waals surface area (Å²) in [6, 6.07) is 17.0. The van der Waals surface area contributed by atoms with Gasteiger partial charge in [0.2, 0.25) is 0 Å². The molecule has 2 aromatic carbocycles. The van der Waals surface area contributed by atoms with Gasteiger partial charge in [-0.15, -0.1) is 11.3 Å². The minimum atomic E-state index is -0.528. The zero-order valence-electron chi connectivity index (χ0n) is 20.1. The summed E-state index contributed by atoms with van der Waals surface area (Å²) in [4.78, 5) is 32.3. The number of hydrogen-bond donors (Lipinski definition) is 2. The molecule has 1 amide bonds. The Balaban J connectivity index is 1.39. The Morgan fingerprint density at radius 3 is 2.46 bits per heavy atom. The predicted molar refractivity (Wildman–Crippen MR) is 139 cm³/mol. The lowest BCUT2D eigenvalue weighted by Crippen LogP contribution is -2.27. The number of nitrogens with zero attached hydrogens (tertiary/aromatic N) is 3. The number of fused-ring (bicyclic) bond motifs is 1. The van der Waals surface area contributed by atoms with Crippen molar-refractivity contribution in [2.45, 2.75) is 45.7 Å². The molecule has 4 aromatic rings. The first-order chi connectivity index (χ1) is 16.7. The Labute approximate surface area is 208 Å². The Bertz CT molecular complexity index is 1380. The number of Topliss-reactive ketones (excluding diaryl/α,β-unsaturated/α-hetero) is 1. The molecule has 0 saturated carbocycles.